The number of hydrogen-bond donors (Lipinski definition) is 2. The summed E-state index contributed by atoms with van der Waals surface area (Å²) in [6.45, 7) is 0. The van der Waals surface area contributed by atoms with Gasteiger partial charge in [-0.3, -0.25) is 9.67 Å². The van der Waals surface area contributed by atoms with Crippen LogP contribution in [0.15, 0.2) is 61.2 Å². The lowest BCUT2D eigenvalue weighted by atomic mass is 10.2. The van der Waals surface area contributed by atoms with Crippen molar-refractivity contribution in [1.29, 1.82) is 0 Å². The Morgan fingerprint density at radius 3 is 2.82 bits per heavy atom. The van der Waals surface area contributed by atoms with Gasteiger partial charge in [0, 0.05) is 34.2 Å². The maximum Gasteiger partial charge on any atom is 0.235 e. The molecule has 0 atom stereocenters. The number of anilines is 2. The highest BCUT2D eigenvalue weighted by atomic mass is 19.1. The van der Waals surface area contributed by atoms with E-state index in [2.05, 4.69) is 25.5 Å². The van der Waals surface area contributed by atoms with Crippen LogP contribution in [0.5, 0.6) is 5.75 Å². The number of hydrogen-bond acceptors (Lipinski definition) is 5. The summed E-state index contributed by atoms with van der Waals surface area (Å²) in [5.74, 6) is 0.698. The third kappa shape index (κ3) is 2.81. The molecular formula is C20H15FN6O. The highest BCUT2D eigenvalue weighted by Crippen LogP contribution is 2.25. The molecule has 28 heavy (non-hydrogen) atoms. The summed E-state index contributed by atoms with van der Waals surface area (Å²) < 4.78 is 21.3. The molecule has 0 fully saturated rings. The Labute approximate surface area is 158 Å². The Bertz CT molecular complexity index is 1310. The molecular weight excluding hydrogens is 359 g/mol. The third-order valence-electron chi connectivity index (χ3n) is 4.52. The van der Waals surface area contributed by atoms with Crippen molar-refractivity contribution in [2.75, 3.05) is 12.4 Å². The minimum absolute atomic E-state index is 0.100. The zero-order valence-electron chi connectivity index (χ0n) is 14.8. The summed E-state index contributed by atoms with van der Waals surface area (Å²) in [6, 6.07) is 11.3. The van der Waals surface area contributed by atoms with Crippen LogP contribution in [0.4, 0.5) is 15.9 Å². The second-order valence-corrected chi connectivity index (χ2v) is 6.32. The van der Waals surface area contributed by atoms with E-state index in [1.165, 1.54) is 0 Å². The molecule has 0 aliphatic carbocycles. The van der Waals surface area contributed by atoms with Gasteiger partial charge in [0.1, 0.15) is 5.75 Å². The minimum Gasteiger partial charge on any atom is -0.497 e. The van der Waals surface area contributed by atoms with Gasteiger partial charge >= 0.3 is 0 Å². The van der Waals surface area contributed by atoms with Crippen molar-refractivity contribution in [3.05, 3.63) is 67.0 Å². The van der Waals surface area contributed by atoms with E-state index in [1.54, 1.807) is 17.9 Å². The van der Waals surface area contributed by atoms with Crippen molar-refractivity contribution in [2.24, 2.45) is 0 Å². The maximum atomic E-state index is 14.3. The number of aromatic nitrogens is 5. The first-order chi connectivity index (χ1) is 13.7. The van der Waals surface area contributed by atoms with Crippen molar-refractivity contribution >= 4 is 33.2 Å². The van der Waals surface area contributed by atoms with Crippen molar-refractivity contribution in [3.63, 3.8) is 0 Å². The second-order valence-electron chi connectivity index (χ2n) is 6.32. The Morgan fingerprint density at radius 2 is 1.93 bits per heavy atom. The van der Waals surface area contributed by atoms with Gasteiger partial charge in [-0.05, 0) is 36.4 Å². The molecule has 5 rings (SSSR count). The molecule has 0 unspecified atom stereocenters. The molecule has 2 N–H and O–H groups in total. The summed E-state index contributed by atoms with van der Waals surface area (Å²) in [4.78, 5) is 8.48. The number of methoxy groups -OCH3 is 1. The van der Waals surface area contributed by atoms with Crippen LogP contribution in [0.3, 0.4) is 0 Å². The van der Waals surface area contributed by atoms with Crippen LogP contribution in [-0.4, -0.2) is 31.8 Å². The molecule has 0 aliphatic rings. The number of nitrogens with one attached hydrogen (secondary N) is 2. The van der Waals surface area contributed by atoms with Crippen molar-refractivity contribution in [1.82, 2.24) is 24.7 Å². The molecule has 0 saturated heterocycles. The number of nitrogens with zero attached hydrogens (tertiary/aromatic N) is 4. The van der Waals surface area contributed by atoms with Gasteiger partial charge in [0.2, 0.25) is 5.95 Å². The highest BCUT2D eigenvalue weighted by Gasteiger charge is 2.11. The molecule has 0 bridgehead atoms. The Balaban J connectivity index is 1.51. The smallest absolute Gasteiger partial charge is 0.235 e. The predicted molar refractivity (Wildman–Crippen MR) is 105 cm³/mol. The summed E-state index contributed by atoms with van der Waals surface area (Å²) in [7, 11) is 1.63. The number of rotatable bonds is 4. The second kappa shape index (κ2) is 6.34. The van der Waals surface area contributed by atoms with Crippen LogP contribution < -0.4 is 10.1 Å². The number of halogens is 1. The molecule has 5 aromatic rings. The summed E-state index contributed by atoms with van der Waals surface area (Å²) in [5.41, 5.74) is 1.61. The lowest BCUT2D eigenvalue weighted by Crippen LogP contribution is -2.04. The van der Waals surface area contributed by atoms with Gasteiger partial charge in [0.25, 0.3) is 0 Å². The van der Waals surface area contributed by atoms with Crippen LogP contribution in [-0.2, 0) is 0 Å². The van der Waals surface area contributed by atoms with E-state index in [-0.39, 0.29) is 5.82 Å². The molecule has 0 saturated carbocycles. The van der Waals surface area contributed by atoms with Gasteiger partial charge in [0.15, 0.2) is 11.6 Å². The average Bonchev–Trinajstić information content (AvgIpc) is 3.35. The van der Waals surface area contributed by atoms with Crippen LogP contribution in [0.2, 0.25) is 0 Å². The number of fused-ring (bicyclic) bond motifs is 2. The molecule has 3 heterocycles. The molecule has 8 heteroatoms. The summed E-state index contributed by atoms with van der Waals surface area (Å²) in [6.07, 6.45) is 6.64. The summed E-state index contributed by atoms with van der Waals surface area (Å²) >= 11 is 0. The monoisotopic (exact) mass is 374 g/mol. The molecule has 0 radical (unpaired) electrons. The molecule has 0 amide bonds. The maximum absolute atomic E-state index is 14.3. The molecule has 0 spiro atoms. The largest absolute Gasteiger partial charge is 0.497 e. The molecule has 3 aromatic heterocycles. The van der Waals surface area contributed by atoms with Crippen LogP contribution in [0.25, 0.3) is 27.6 Å². The van der Waals surface area contributed by atoms with Crippen molar-refractivity contribution in [3.8, 4) is 11.7 Å². The fourth-order valence-corrected chi connectivity index (χ4v) is 3.09. The van der Waals surface area contributed by atoms with Gasteiger partial charge in [0.05, 0.1) is 25.0 Å². The highest BCUT2D eigenvalue weighted by molar-refractivity contribution is 5.84. The van der Waals surface area contributed by atoms with Gasteiger partial charge in [-0.15, -0.1) is 0 Å². The average molecular weight is 374 g/mol. The van der Waals surface area contributed by atoms with E-state index in [9.17, 15) is 4.39 Å². The SMILES string of the molecule is COc1ccc2cn(-c3ncc(F)c(Nc4ccc5[nH]ncc5c4)n3)cc2c1. The molecule has 7 nitrogen and oxygen atoms in total. The number of benzene rings is 2. The van der Waals surface area contributed by atoms with E-state index >= 15 is 0 Å². The Hall–Kier alpha value is -3.94. The summed E-state index contributed by atoms with van der Waals surface area (Å²) in [5, 5.41) is 12.8. The first-order valence-corrected chi connectivity index (χ1v) is 8.58. The van der Waals surface area contributed by atoms with E-state index in [0.29, 0.717) is 11.6 Å². The van der Waals surface area contributed by atoms with Crippen molar-refractivity contribution in [2.45, 2.75) is 0 Å². The standard InChI is InChI=1S/C20H15FN6O/c1-28-16-4-2-12-10-27(11-14(12)7-16)20-22-9-17(21)19(25-20)24-15-3-5-18-13(6-15)8-23-26-18/h2-11H,1H3,(H,23,26)(H,22,24,25). The molecule has 2 aromatic carbocycles. The lowest BCUT2D eigenvalue weighted by molar-refractivity contribution is 0.415. The third-order valence-corrected chi connectivity index (χ3v) is 4.52. The van der Waals surface area contributed by atoms with Gasteiger partial charge in [-0.25, -0.2) is 9.37 Å². The normalized spacial score (nSPS) is 11.2. The van der Waals surface area contributed by atoms with Crippen LogP contribution in [0.1, 0.15) is 0 Å². The fraction of sp³-hybridized carbons (Fsp3) is 0.0500. The first-order valence-electron chi connectivity index (χ1n) is 8.58. The predicted octanol–water partition coefficient (Wildman–Crippen LogP) is 4.19. The first kappa shape index (κ1) is 16.2. The van der Waals surface area contributed by atoms with Gasteiger partial charge in [-0.2, -0.15) is 10.1 Å². The number of aromatic amines is 1. The van der Waals surface area contributed by atoms with E-state index in [0.717, 1.165) is 33.6 Å². The van der Waals surface area contributed by atoms with E-state index in [4.69, 9.17) is 4.74 Å². The fourth-order valence-electron chi connectivity index (χ4n) is 3.09. The number of H-pyrrole nitrogens is 1. The topological polar surface area (TPSA) is 80.6 Å². The van der Waals surface area contributed by atoms with Crippen LogP contribution >= 0.6 is 0 Å². The Kier molecular flexibility index (Phi) is 3.68. The Morgan fingerprint density at radius 1 is 1.04 bits per heavy atom. The quantitative estimate of drug-likeness (QED) is 0.493. The number of ether oxygens (including phenoxy) is 1. The zero-order valence-corrected chi connectivity index (χ0v) is 14.8. The van der Waals surface area contributed by atoms with E-state index in [1.807, 2.05) is 48.8 Å². The van der Waals surface area contributed by atoms with Crippen molar-refractivity contribution < 1.29 is 9.13 Å². The van der Waals surface area contributed by atoms with E-state index < -0.39 is 5.82 Å². The van der Waals surface area contributed by atoms with Crippen LogP contribution in [0, 0.1) is 5.82 Å². The van der Waals surface area contributed by atoms with Gasteiger partial charge in [-0.1, -0.05) is 0 Å². The minimum atomic E-state index is -0.533. The molecule has 0 aliphatic heterocycles. The molecule has 138 valence electrons. The zero-order chi connectivity index (χ0) is 19.1. The van der Waals surface area contributed by atoms with Gasteiger partial charge < -0.3 is 10.1 Å². The lowest BCUT2D eigenvalue weighted by Gasteiger charge is -2.08.